The van der Waals surface area contributed by atoms with E-state index in [0.29, 0.717) is 5.69 Å². The summed E-state index contributed by atoms with van der Waals surface area (Å²) in [5.74, 6) is -3.00. The molecule has 0 aliphatic rings. The standard InChI is InChI=1S/C14H22N6O5/c1-7(18-11(21)4-15)12(22)20-10(3-9-5-16-6-17-9)13(23)19-8(2)14(24)25/h5-8,10H,3-4,15H2,1-2H3,(H,16,17)(H,18,21)(H,19,23)(H,20,22)(H,24,25). The van der Waals surface area contributed by atoms with Gasteiger partial charge >= 0.3 is 5.97 Å². The summed E-state index contributed by atoms with van der Waals surface area (Å²) in [5, 5.41) is 16.0. The number of imidazole rings is 1. The highest BCUT2D eigenvalue weighted by molar-refractivity contribution is 5.93. The zero-order valence-corrected chi connectivity index (χ0v) is 13.9. The number of aliphatic carboxylic acids is 1. The Labute approximate surface area is 143 Å². The molecule has 3 amide bonds. The molecule has 1 heterocycles. The predicted molar refractivity (Wildman–Crippen MR) is 86.1 cm³/mol. The third-order valence-electron chi connectivity index (χ3n) is 3.30. The van der Waals surface area contributed by atoms with Crippen LogP contribution in [0.2, 0.25) is 0 Å². The zero-order valence-electron chi connectivity index (χ0n) is 13.9. The average molecular weight is 354 g/mol. The molecule has 25 heavy (non-hydrogen) atoms. The number of rotatable bonds is 9. The van der Waals surface area contributed by atoms with Crippen LogP contribution in [0.5, 0.6) is 0 Å². The van der Waals surface area contributed by atoms with E-state index in [1.165, 1.54) is 26.4 Å². The van der Waals surface area contributed by atoms with Crippen molar-refractivity contribution in [1.29, 1.82) is 0 Å². The van der Waals surface area contributed by atoms with Crippen LogP contribution in [-0.4, -0.2) is 63.4 Å². The highest BCUT2D eigenvalue weighted by atomic mass is 16.4. The fraction of sp³-hybridized carbons (Fsp3) is 0.500. The first-order valence-corrected chi connectivity index (χ1v) is 7.54. The molecular formula is C14H22N6O5. The van der Waals surface area contributed by atoms with Gasteiger partial charge in [-0.1, -0.05) is 0 Å². The Morgan fingerprint density at radius 3 is 2.36 bits per heavy atom. The first kappa shape index (κ1) is 20.1. The number of carbonyl (C=O) groups excluding carboxylic acids is 3. The second kappa shape index (κ2) is 9.37. The van der Waals surface area contributed by atoms with Gasteiger partial charge in [0, 0.05) is 18.3 Å². The average Bonchev–Trinajstić information content (AvgIpc) is 3.06. The molecule has 11 heteroatoms. The van der Waals surface area contributed by atoms with Gasteiger partial charge in [0.05, 0.1) is 12.9 Å². The van der Waals surface area contributed by atoms with Crippen LogP contribution in [0.1, 0.15) is 19.5 Å². The van der Waals surface area contributed by atoms with Crippen LogP contribution in [0.25, 0.3) is 0 Å². The molecule has 0 saturated heterocycles. The van der Waals surface area contributed by atoms with E-state index in [9.17, 15) is 19.2 Å². The number of H-pyrrole nitrogens is 1. The molecule has 1 rings (SSSR count). The molecule has 7 N–H and O–H groups in total. The molecule has 0 aliphatic carbocycles. The summed E-state index contributed by atoms with van der Waals surface area (Å²) >= 11 is 0. The molecule has 0 radical (unpaired) electrons. The lowest BCUT2D eigenvalue weighted by atomic mass is 10.1. The van der Waals surface area contributed by atoms with Crippen molar-refractivity contribution >= 4 is 23.7 Å². The molecule has 1 aromatic heterocycles. The van der Waals surface area contributed by atoms with Gasteiger partial charge in [-0.2, -0.15) is 0 Å². The Hall–Kier alpha value is -2.95. The van der Waals surface area contributed by atoms with Crippen LogP contribution >= 0.6 is 0 Å². The molecule has 0 spiro atoms. The van der Waals surface area contributed by atoms with Gasteiger partial charge in [0.2, 0.25) is 17.7 Å². The van der Waals surface area contributed by atoms with Gasteiger partial charge < -0.3 is 31.8 Å². The largest absolute Gasteiger partial charge is 0.480 e. The van der Waals surface area contributed by atoms with Gasteiger partial charge in [0.1, 0.15) is 18.1 Å². The third-order valence-corrected chi connectivity index (χ3v) is 3.30. The summed E-state index contributed by atoms with van der Waals surface area (Å²) in [6, 6.07) is -3.08. The normalized spacial score (nSPS) is 14.0. The minimum absolute atomic E-state index is 0.0709. The number of carboxylic acid groups (broad SMARTS) is 1. The quantitative estimate of drug-likeness (QED) is 0.283. The maximum absolute atomic E-state index is 12.3. The molecule has 1 aromatic rings. The van der Waals surface area contributed by atoms with Crippen molar-refractivity contribution in [2.75, 3.05) is 6.54 Å². The summed E-state index contributed by atoms with van der Waals surface area (Å²) in [4.78, 5) is 53.2. The van der Waals surface area contributed by atoms with E-state index in [4.69, 9.17) is 10.8 Å². The van der Waals surface area contributed by atoms with Crippen molar-refractivity contribution < 1.29 is 24.3 Å². The number of carbonyl (C=O) groups is 4. The Morgan fingerprint density at radius 2 is 1.84 bits per heavy atom. The highest BCUT2D eigenvalue weighted by Gasteiger charge is 2.27. The Morgan fingerprint density at radius 1 is 1.16 bits per heavy atom. The fourth-order valence-corrected chi connectivity index (χ4v) is 1.86. The van der Waals surface area contributed by atoms with Crippen molar-refractivity contribution in [2.24, 2.45) is 5.73 Å². The lowest BCUT2D eigenvalue weighted by Gasteiger charge is -2.21. The summed E-state index contributed by atoms with van der Waals surface area (Å²) in [5.41, 5.74) is 5.74. The second-order valence-electron chi connectivity index (χ2n) is 5.40. The molecule has 138 valence electrons. The Bertz CT molecular complexity index is 617. The highest BCUT2D eigenvalue weighted by Crippen LogP contribution is 2.01. The van der Waals surface area contributed by atoms with Crippen LogP contribution in [0.15, 0.2) is 12.5 Å². The SMILES string of the molecule is CC(NC(=O)C(Cc1cnc[nH]1)NC(=O)C(C)NC(=O)CN)C(=O)O. The number of hydrogen-bond acceptors (Lipinski definition) is 6. The summed E-state index contributed by atoms with van der Waals surface area (Å²) in [6.45, 7) is 2.47. The molecule has 0 aromatic carbocycles. The van der Waals surface area contributed by atoms with Crippen molar-refractivity contribution in [3.8, 4) is 0 Å². The van der Waals surface area contributed by atoms with Gasteiger partial charge in [0.25, 0.3) is 0 Å². The third kappa shape index (κ3) is 6.59. The van der Waals surface area contributed by atoms with Crippen molar-refractivity contribution in [2.45, 2.75) is 38.4 Å². The number of aromatic nitrogens is 2. The smallest absolute Gasteiger partial charge is 0.325 e. The number of aromatic amines is 1. The van der Waals surface area contributed by atoms with Crippen molar-refractivity contribution in [3.63, 3.8) is 0 Å². The van der Waals surface area contributed by atoms with Crippen LogP contribution in [-0.2, 0) is 25.6 Å². The van der Waals surface area contributed by atoms with Crippen LogP contribution in [0.4, 0.5) is 0 Å². The maximum atomic E-state index is 12.3. The zero-order chi connectivity index (χ0) is 19.0. The predicted octanol–water partition coefficient (Wildman–Crippen LogP) is -2.51. The van der Waals surface area contributed by atoms with E-state index < -0.39 is 41.8 Å². The van der Waals surface area contributed by atoms with Crippen molar-refractivity contribution in [1.82, 2.24) is 25.9 Å². The van der Waals surface area contributed by atoms with Gasteiger partial charge in [-0.25, -0.2) is 4.98 Å². The minimum atomic E-state index is -1.21. The fourth-order valence-electron chi connectivity index (χ4n) is 1.86. The molecule has 3 unspecified atom stereocenters. The number of hydrogen-bond donors (Lipinski definition) is 6. The van der Waals surface area contributed by atoms with Crippen molar-refractivity contribution in [3.05, 3.63) is 18.2 Å². The van der Waals surface area contributed by atoms with Crippen LogP contribution in [0, 0.1) is 0 Å². The first-order chi connectivity index (χ1) is 11.7. The first-order valence-electron chi connectivity index (χ1n) is 7.54. The number of nitrogens with two attached hydrogens (primary N) is 1. The molecule has 0 fully saturated rings. The number of nitrogens with zero attached hydrogens (tertiary/aromatic N) is 1. The molecule has 0 aliphatic heterocycles. The maximum Gasteiger partial charge on any atom is 0.325 e. The summed E-state index contributed by atoms with van der Waals surface area (Å²) in [7, 11) is 0. The van der Waals surface area contributed by atoms with E-state index in [2.05, 4.69) is 25.9 Å². The Kier molecular flexibility index (Phi) is 7.53. The number of amides is 3. The van der Waals surface area contributed by atoms with Crippen LogP contribution < -0.4 is 21.7 Å². The van der Waals surface area contributed by atoms with E-state index in [0.717, 1.165) is 0 Å². The van der Waals surface area contributed by atoms with E-state index in [-0.39, 0.29) is 13.0 Å². The van der Waals surface area contributed by atoms with Gasteiger partial charge in [-0.05, 0) is 13.8 Å². The lowest BCUT2D eigenvalue weighted by molar-refractivity contribution is -0.141. The second-order valence-corrected chi connectivity index (χ2v) is 5.40. The Balaban J connectivity index is 2.79. The molecular weight excluding hydrogens is 332 g/mol. The van der Waals surface area contributed by atoms with Crippen LogP contribution in [0.3, 0.4) is 0 Å². The lowest BCUT2D eigenvalue weighted by Crippen LogP contribution is -2.55. The summed E-state index contributed by atoms with van der Waals surface area (Å²) in [6.07, 6.45) is 2.96. The summed E-state index contributed by atoms with van der Waals surface area (Å²) < 4.78 is 0. The van der Waals surface area contributed by atoms with Gasteiger partial charge in [0.15, 0.2) is 0 Å². The number of carboxylic acids is 1. The van der Waals surface area contributed by atoms with E-state index in [1.807, 2.05) is 0 Å². The van der Waals surface area contributed by atoms with Gasteiger partial charge in [-0.3, -0.25) is 19.2 Å². The van der Waals surface area contributed by atoms with E-state index in [1.54, 1.807) is 0 Å². The molecule has 3 atom stereocenters. The number of nitrogens with one attached hydrogen (secondary N) is 4. The molecule has 0 bridgehead atoms. The van der Waals surface area contributed by atoms with Gasteiger partial charge in [-0.15, -0.1) is 0 Å². The topological polar surface area (TPSA) is 179 Å². The monoisotopic (exact) mass is 354 g/mol. The molecule has 0 saturated carbocycles. The van der Waals surface area contributed by atoms with E-state index >= 15 is 0 Å². The molecule has 11 nitrogen and oxygen atoms in total. The minimum Gasteiger partial charge on any atom is -0.480 e.